The lowest BCUT2D eigenvalue weighted by Crippen LogP contribution is -2.05. The van der Waals surface area contributed by atoms with E-state index in [4.69, 9.17) is 16.3 Å². The number of fused-ring (bicyclic) bond motifs is 1. The zero-order valence-corrected chi connectivity index (χ0v) is 20.1. The quantitative estimate of drug-likeness (QED) is 0.274. The summed E-state index contributed by atoms with van der Waals surface area (Å²) < 4.78 is 38.1. The van der Waals surface area contributed by atoms with E-state index in [1.807, 2.05) is 27.0 Å². The number of halogens is 3. The molecule has 9 heteroatoms. The van der Waals surface area contributed by atoms with E-state index in [1.165, 1.54) is 23.9 Å². The Morgan fingerprint density at radius 1 is 1.24 bits per heavy atom. The predicted molar refractivity (Wildman–Crippen MR) is 126 cm³/mol. The number of carbonyl (C=O) groups excluding carboxylic acids is 1. The van der Waals surface area contributed by atoms with Gasteiger partial charge in [-0.25, -0.2) is 13.6 Å². The van der Waals surface area contributed by atoms with Gasteiger partial charge in [-0.05, 0) is 58.0 Å². The zero-order valence-electron chi connectivity index (χ0n) is 18.5. The standard InChI is InChI=1S/C24H22ClF2N3O2S/c1-5-32-24(31)15-8-16(26)10-18(9-15)33-23-14(4)30(17-11-28-29(12-17)13(2)3)22-19(23)6-7-20(25)21(22)27/h6-13H,5H2,1-4H3. The lowest BCUT2D eigenvalue weighted by atomic mass is 10.2. The Hall–Kier alpha value is -2.84. The molecule has 0 spiro atoms. The predicted octanol–water partition coefficient (Wildman–Crippen LogP) is 6.98. The highest BCUT2D eigenvalue weighted by atomic mass is 35.5. The third-order valence-electron chi connectivity index (χ3n) is 5.18. The number of carbonyl (C=O) groups is 1. The molecule has 0 bridgehead atoms. The van der Waals surface area contributed by atoms with E-state index in [-0.39, 0.29) is 23.2 Å². The Kier molecular flexibility index (Phi) is 6.50. The van der Waals surface area contributed by atoms with Crippen LogP contribution in [0.1, 0.15) is 42.9 Å². The highest BCUT2D eigenvalue weighted by Crippen LogP contribution is 2.42. The van der Waals surface area contributed by atoms with Crippen LogP contribution >= 0.6 is 23.4 Å². The van der Waals surface area contributed by atoms with Crippen molar-refractivity contribution < 1.29 is 18.3 Å². The maximum atomic E-state index is 15.3. The molecule has 2 aromatic heterocycles. The van der Waals surface area contributed by atoms with Crippen molar-refractivity contribution in [2.45, 2.75) is 43.5 Å². The number of rotatable bonds is 6. The van der Waals surface area contributed by atoms with Crippen LogP contribution in [0.4, 0.5) is 8.78 Å². The van der Waals surface area contributed by atoms with E-state index in [9.17, 15) is 9.18 Å². The average Bonchev–Trinajstić information content (AvgIpc) is 3.35. The van der Waals surface area contributed by atoms with E-state index in [0.717, 1.165) is 16.7 Å². The second-order valence-electron chi connectivity index (χ2n) is 7.78. The summed E-state index contributed by atoms with van der Waals surface area (Å²) in [5, 5.41) is 5.01. The number of esters is 1. The monoisotopic (exact) mass is 489 g/mol. The first kappa shape index (κ1) is 23.3. The van der Waals surface area contributed by atoms with Gasteiger partial charge in [0.25, 0.3) is 0 Å². The smallest absolute Gasteiger partial charge is 0.338 e. The SMILES string of the molecule is CCOC(=O)c1cc(F)cc(Sc2c(C)n(-c3cnn(C(C)C)c3)c3c(F)c(Cl)ccc23)c1. The minimum atomic E-state index is -0.600. The second kappa shape index (κ2) is 9.19. The number of hydrogen-bond donors (Lipinski definition) is 0. The molecule has 0 aliphatic heterocycles. The van der Waals surface area contributed by atoms with Crippen LogP contribution in [0, 0.1) is 18.6 Å². The molecule has 2 aromatic carbocycles. The molecule has 4 aromatic rings. The highest BCUT2D eigenvalue weighted by molar-refractivity contribution is 7.99. The van der Waals surface area contributed by atoms with Crippen LogP contribution in [-0.4, -0.2) is 26.9 Å². The minimum absolute atomic E-state index is 0.00408. The Labute approximate surface area is 199 Å². The Bertz CT molecular complexity index is 1360. The second-order valence-corrected chi connectivity index (χ2v) is 9.27. The fraction of sp³-hybridized carbons (Fsp3) is 0.250. The van der Waals surface area contributed by atoms with Crippen molar-refractivity contribution in [1.82, 2.24) is 14.3 Å². The molecule has 2 heterocycles. The topological polar surface area (TPSA) is 49.1 Å². The lowest BCUT2D eigenvalue weighted by Gasteiger charge is -2.08. The number of benzene rings is 2. The minimum Gasteiger partial charge on any atom is -0.462 e. The molecule has 5 nitrogen and oxygen atoms in total. The van der Waals surface area contributed by atoms with Gasteiger partial charge in [0.1, 0.15) is 5.82 Å². The van der Waals surface area contributed by atoms with Gasteiger partial charge in [-0.1, -0.05) is 23.4 Å². The van der Waals surface area contributed by atoms with Crippen molar-refractivity contribution in [3.8, 4) is 5.69 Å². The van der Waals surface area contributed by atoms with Gasteiger partial charge in [-0.2, -0.15) is 5.10 Å². The third-order valence-corrected chi connectivity index (χ3v) is 6.66. The first-order valence-electron chi connectivity index (χ1n) is 10.4. The summed E-state index contributed by atoms with van der Waals surface area (Å²) in [4.78, 5) is 13.3. The Balaban J connectivity index is 1.88. The number of hydrogen-bond acceptors (Lipinski definition) is 4. The zero-order chi connectivity index (χ0) is 23.9. The third kappa shape index (κ3) is 4.37. The van der Waals surface area contributed by atoms with E-state index < -0.39 is 17.6 Å². The van der Waals surface area contributed by atoms with E-state index >= 15 is 4.39 Å². The molecule has 172 valence electrons. The fourth-order valence-electron chi connectivity index (χ4n) is 3.66. The van der Waals surface area contributed by atoms with Crippen LogP contribution in [0.2, 0.25) is 5.02 Å². The van der Waals surface area contributed by atoms with Crippen molar-refractivity contribution in [2.24, 2.45) is 0 Å². The lowest BCUT2D eigenvalue weighted by molar-refractivity contribution is 0.0525. The summed E-state index contributed by atoms with van der Waals surface area (Å²) in [7, 11) is 0. The number of nitrogens with zero attached hydrogens (tertiary/aromatic N) is 3. The summed E-state index contributed by atoms with van der Waals surface area (Å²) >= 11 is 7.36. The molecule has 0 saturated carbocycles. The first-order valence-corrected chi connectivity index (χ1v) is 11.6. The molecule has 0 radical (unpaired) electrons. The fourth-order valence-corrected chi connectivity index (χ4v) is 4.91. The number of ether oxygens (including phenoxy) is 1. The largest absolute Gasteiger partial charge is 0.462 e. The van der Waals surface area contributed by atoms with Crippen LogP contribution in [0.5, 0.6) is 0 Å². The van der Waals surface area contributed by atoms with E-state index in [2.05, 4.69) is 5.10 Å². The molecule has 4 rings (SSSR count). The molecular weight excluding hydrogens is 468 g/mol. The normalized spacial score (nSPS) is 11.5. The van der Waals surface area contributed by atoms with Crippen LogP contribution < -0.4 is 0 Å². The van der Waals surface area contributed by atoms with E-state index in [0.29, 0.717) is 21.5 Å². The molecule has 0 atom stereocenters. The first-order chi connectivity index (χ1) is 15.7. The summed E-state index contributed by atoms with van der Waals surface area (Å²) in [6.07, 6.45) is 3.51. The van der Waals surface area contributed by atoms with Crippen LogP contribution in [0.3, 0.4) is 0 Å². The summed E-state index contributed by atoms with van der Waals surface area (Å²) in [6, 6.07) is 7.41. The van der Waals surface area contributed by atoms with Gasteiger partial charge in [-0.3, -0.25) is 4.68 Å². The number of aromatic nitrogens is 3. The van der Waals surface area contributed by atoms with Gasteiger partial charge in [0, 0.05) is 33.1 Å². The van der Waals surface area contributed by atoms with Crippen molar-refractivity contribution in [3.05, 3.63) is 70.6 Å². The maximum absolute atomic E-state index is 15.3. The van der Waals surface area contributed by atoms with Crippen molar-refractivity contribution in [2.75, 3.05) is 6.61 Å². The van der Waals surface area contributed by atoms with Crippen molar-refractivity contribution in [1.29, 1.82) is 0 Å². The highest BCUT2D eigenvalue weighted by Gasteiger charge is 2.22. The molecule has 0 fully saturated rings. The molecular formula is C24H22ClF2N3O2S. The van der Waals surface area contributed by atoms with Gasteiger partial charge in [-0.15, -0.1) is 0 Å². The Morgan fingerprint density at radius 3 is 2.67 bits per heavy atom. The summed E-state index contributed by atoms with van der Waals surface area (Å²) in [6.45, 7) is 7.73. The van der Waals surface area contributed by atoms with Gasteiger partial charge >= 0.3 is 5.97 Å². The molecule has 0 aliphatic rings. The molecule has 0 aliphatic carbocycles. The average molecular weight is 490 g/mol. The molecule has 0 amide bonds. The van der Waals surface area contributed by atoms with Gasteiger partial charge in [0.05, 0.1) is 34.6 Å². The van der Waals surface area contributed by atoms with Crippen LogP contribution in [-0.2, 0) is 4.74 Å². The van der Waals surface area contributed by atoms with Gasteiger partial charge in [0.15, 0.2) is 5.82 Å². The molecule has 0 saturated heterocycles. The van der Waals surface area contributed by atoms with Crippen LogP contribution in [0.25, 0.3) is 16.6 Å². The molecule has 0 N–H and O–H groups in total. The van der Waals surface area contributed by atoms with Gasteiger partial charge < -0.3 is 9.30 Å². The van der Waals surface area contributed by atoms with Gasteiger partial charge in [0.2, 0.25) is 0 Å². The molecule has 0 unspecified atom stereocenters. The summed E-state index contributed by atoms with van der Waals surface area (Å²) in [5.41, 5.74) is 1.85. The maximum Gasteiger partial charge on any atom is 0.338 e. The molecule has 33 heavy (non-hydrogen) atoms. The van der Waals surface area contributed by atoms with Crippen molar-refractivity contribution >= 4 is 40.2 Å². The van der Waals surface area contributed by atoms with Crippen molar-refractivity contribution in [3.63, 3.8) is 0 Å². The summed E-state index contributed by atoms with van der Waals surface area (Å²) in [5.74, 6) is -1.71. The van der Waals surface area contributed by atoms with E-state index in [1.54, 1.807) is 34.5 Å². The Morgan fingerprint density at radius 2 is 2.00 bits per heavy atom. The van der Waals surface area contributed by atoms with Crippen LogP contribution in [0.15, 0.2) is 52.5 Å².